The maximum absolute atomic E-state index is 5.68. The molecule has 5 heteroatoms. The minimum absolute atomic E-state index is 0.284. The largest absolute Gasteiger partial charge is 0.366 e. The Hall–Kier alpha value is -2.40. The van der Waals surface area contributed by atoms with Gasteiger partial charge in [0.1, 0.15) is 0 Å². The third-order valence-corrected chi connectivity index (χ3v) is 3.17. The highest BCUT2D eigenvalue weighted by Gasteiger charge is 2.07. The van der Waals surface area contributed by atoms with Gasteiger partial charge >= 0.3 is 0 Å². The van der Waals surface area contributed by atoms with E-state index in [4.69, 9.17) is 11.5 Å². The number of hydrogen-bond donors (Lipinski definition) is 2. The molecule has 0 radical (unpaired) electrons. The van der Waals surface area contributed by atoms with Crippen molar-refractivity contribution in [3.05, 3.63) is 47.7 Å². The SMILES string of the molecule is Cc1cc2nc(N)nn2cc1-c1cccc(CN)c1. The first kappa shape index (κ1) is 11.7. The summed E-state index contributed by atoms with van der Waals surface area (Å²) in [6, 6.07) is 10.2. The lowest BCUT2D eigenvalue weighted by atomic mass is 10.0. The van der Waals surface area contributed by atoms with Gasteiger partial charge in [-0.15, -0.1) is 5.10 Å². The van der Waals surface area contributed by atoms with Crippen molar-refractivity contribution in [2.24, 2.45) is 5.73 Å². The Labute approximate surface area is 110 Å². The standard InChI is InChI=1S/C14H15N5/c1-9-5-13-17-14(16)18-19(13)8-12(9)11-4-2-3-10(6-11)7-15/h2-6,8H,7,15H2,1H3,(H2,16,18). The fourth-order valence-corrected chi connectivity index (χ4v) is 2.21. The zero-order valence-electron chi connectivity index (χ0n) is 10.7. The Balaban J connectivity index is 2.20. The number of aromatic nitrogens is 3. The molecule has 0 aliphatic heterocycles. The number of hydrogen-bond acceptors (Lipinski definition) is 4. The van der Waals surface area contributed by atoms with Crippen molar-refractivity contribution in [1.82, 2.24) is 14.6 Å². The molecule has 0 aliphatic carbocycles. The molecule has 0 saturated carbocycles. The number of aryl methyl sites for hydroxylation is 1. The van der Waals surface area contributed by atoms with Crippen molar-refractivity contribution >= 4 is 11.6 Å². The van der Waals surface area contributed by atoms with E-state index < -0.39 is 0 Å². The molecule has 2 heterocycles. The number of fused-ring (bicyclic) bond motifs is 1. The van der Waals surface area contributed by atoms with Crippen molar-refractivity contribution in [1.29, 1.82) is 0 Å². The smallest absolute Gasteiger partial charge is 0.240 e. The number of nitrogens with zero attached hydrogens (tertiary/aromatic N) is 3. The van der Waals surface area contributed by atoms with Gasteiger partial charge in [-0.1, -0.05) is 18.2 Å². The number of nitrogens with two attached hydrogens (primary N) is 2. The predicted molar refractivity (Wildman–Crippen MR) is 75.5 cm³/mol. The minimum atomic E-state index is 0.284. The van der Waals surface area contributed by atoms with Crippen LogP contribution in [0.1, 0.15) is 11.1 Å². The minimum Gasteiger partial charge on any atom is -0.366 e. The van der Waals surface area contributed by atoms with Crippen LogP contribution < -0.4 is 11.5 Å². The first-order valence-electron chi connectivity index (χ1n) is 6.09. The lowest BCUT2D eigenvalue weighted by Gasteiger charge is -2.08. The molecular formula is C14H15N5. The predicted octanol–water partition coefficient (Wildman–Crippen LogP) is 1.75. The van der Waals surface area contributed by atoms with Gasteiger partial charge in [0.05, 0.1) is 0 Å². The van der Waals surface area contributed by atoms with E-state index >= 15 is 0 Å². The number of anilines is 1. The summed E-state index contributed by atoms with van der Waals surface area (Å²) in [6.07, 6.45) is 1.95. The molecule has 3 aromatic rings. The average Bonchev–Trinajstić information content (AvgIpc) is 2.77. The van der Waals surface area contributed by atoms with Gasteiger partial charge in [-0.25, -0.2) is 4.52 Å². The van der Waals surface area contributed by atoms with E-state index in [-0.39, 0.29) is 5.95 Å². The van der Waals surface area contributed by atoms with Crippen LogP contribution in [0.5, 0.6) is 0 Å². The summed E-state index contributed by atoms with van der Waals surface area (Å²) in [5.74, 6) is 0.284. The van der Waals surface area contributed by atoms with Crippen LogP contribution in [0.3, 0.4) is 0 Å². The van der Waals surface area contributed by atoms with E-state index in [9.17, 15) is 0 Å². The Bertz CT molecular complexity index is 745. The van der Waals surface area contributed by atoms with Crippen LogP contribution in [-0.2, 0) is 6.54 Å². The summed E-state index contributed by atoms with van der Waals surface area (Å²) in [5, 5.41) is 4.14. The van der Waals surface area contributed by atoms with Crippen LogP contribution in [-0.4, -0.2) is 14.6 Å². The summed E-state index contributed by atoms with van der Waals surface area (Å²) < 4.78 is 1.70. The van der Waals surface area contributed by atoms with E-state index in [2.05, 4.69) is 29.1 Å². The average molecular weight is 253 g/mol. The van der Waals surface area contributed by atoms with Crippen molar-refractivity contribution in [3.63, 3.8) is 0 Å². The van der Waals surface area contributed by atoms with Crippen molar-refractivity contribution < 1.29 is 0 Å². The molecular weight excluding hydrogens is 238 g/mol. The lowest BCUT2D eigenvalue weighted by Crippen LogP contribution is -1.97. The van der Waals surface area contributed by atoms with Crippen LogP contribution in [0.4, 0.5) is 5.95 Å². The van der Waals surface area contributed by atoms with Crippen LogP contribution in [0.25, 0.3) is 16.8 Å². The van der Waals surface area contributed by atoms with Crippen LogP contribution >= 0.6 is 0 Å². The summed E-state index contributed by atoms with van der Waals surface area (Å²) >= 11 is 0. The molecule has 19 heavy (non-hydrogen) atoms. The van der Waals surface area contributed by atoms with Gasteiger partial charge in [-0.05, 0) is 35.7 Å². The van der Waals surface area contributed by atoms with Gasteiger partial charge in [-0.2, -0.15) is 4.98 Å². The number of rotatable bonds is 2. The molecule has 1 aromatic carbocycles. The maximum Gasteiger partial charge on any atom is 0.240 e. The Kier molecular flexibility index (Phi) is 2.68. The quantitative estimate of drug-likeness (QED) is 0.729. The normalized spacial score (nSPS) is 11.1. The monoisotopic (exact) mass is 253 g/mol. The Morgan fingerprint density at radius 3 is 2.89 bits per heavy atom. The zero-order valence-corrected chi connectivity index (χ0v) is 10.7. The topological polar surface area (TPSA) is 82.2 Å². The highest BCUT2D eigenvalue weighted by atomic mass is 15.3. The van der Waals surface area contributed by atoms with E-state index in [0.29, 0.717) is 6.54 Å². The van der Waals surface area contributed by atoms with Gasteiger partial charge < -0.3 is 11.5 Å². The van der Waals surface area contributed by atoms with Gasteiger partial charge in [-0.3, -0.25) is 0 Å². The van der Waals surface area contributed by atoms with E-state index in [1.807, 2.05) is 24.4 Å². The van der Waals surface area contributed by atoms with Crippen LogP contribution in [0.15, 0.2) is 36.5 Å². The third-order valence-electron chi connectivity index (χ3n) is 3.17. The fraction of sp³-hybridized carbons (Fsp3) is 0.143. The molecule has 0 aliphatic rings. The highest BCUT2D eigenvalue weighted by Crippen LogP contribution is 2.25. The van der Waals surface area contributed by atoms with Crippen molar-refractivity contribution in [3.8, 4) is 11.1 Å². The molecule has 2 aromatic heterocycles. The summed E-state index contributed by atoms with van der Waals surface area (Å²) in [7, 11) is 0. The molecule has 0 bridgehead atoms. The lowest BCUT2D eigenvalue weighted by molar-refractivity contribution is 0.966. The molecule has 3 rings (SSSR count). The first-order valence-corrected chi connectivity index (χ1v) is 6.09. The summed E-state index contributed by atoms with van der Waals surface area (Å²) in [4.78, 5) is 4.15. The molecule has 0 atom stereocenters. The molecule has 0 fully saturated rings. The molecule has 96 valence electrons. The van der Waals surface area contributed by atoms with E-state index in [0.717, 1.165) is 27.9 Å². The molecule has 0 saturated heterocycles. The van der Waals surface area contributed by atoms with E-state index in [1.54, 1.807) is 4.52 Å². The van der Waals surface area contributed by atoms with Gasteiger partial charge in [0.15, 0.2) is 5.65 Å². The molecule has 5 nitrogen and oxygen atoms in total. The second kappa shape index (κ2) is 4.37. The number of pyridine rings is 1. The maximum atomic E-state index is 5.68. The molecule has 4 N–H and O–H groups in total. The molecule has 0 unspecified atom stereocenters. The molecule has 0 amide bonds. The third kappa shape index (κ3) is 2.04. The zero-order chi connectivity index (χ0) is 13.4. The second-order valence-electron chi connectivity index (χ2n) is 4.55. The van der Waals surface area contributed by atoms with Gasteiger partial charge in [0.25, 0.3) is 0 Å². The van der Waals surface area contributed by atoms with Gasteiger partial charge in [0.2, 0.25) is 5.95 Å². The highest BCUT2D eigenvalue weighted by molar-refractivity contribution is 5.69. The Morgan fingerprint density at radius 1 is 1.26 bits per heavy atom. The second-order valence-corrected chi connectivity index (χ2v) is 4.55. The summed E-state index contributed by atoms with van der Waals surface area (Å²) in [6.45, 7) is 2.58. The van der Waals surface area contributed by atoms with Crippen molar-refractivity contribution in [2.45, 2.75) is 13.5 Å². The Morgan fingerprint density at radius 2 is 2.11 bits per heavy atom. The van der Waals surface area contributed by atoms with Crippen molar-refractivity contribution in [2.75, 3.05) is 5.73 Å². The van der Waals surface area contributed by atoms with Crippen LogP contribution in [0.2, 0.25) is 0 Å². The number of nitrogen functional groups attached to an aromatic ring is 1. The van der Waals surface area contributed by atoms with Crippen LogP contribution in [0, 0.1) is 6.92 Å². The van der Waals surface area contributed by atoms with E-state index in [1.165, 1.54) is 0 Å². The first-order chi connectivity index (χ1) is 9.17. The van der Waals surface area contributed by atoms with Gasteiger partial charge in [0, 0.05) is 18.3 Å². The number of benzene rings is 1. The molecule has 0 spiro atoms. The summed E-state index contributed by atoms with van der Waals surface area (Å²) in [5.41, 5.74) is 16.5. The fourth-order valence-electron chi connectivity index (χ4n) is 2.21.